The molecule has 4 atom stereocenters. The van der Waals surface area contributed by atoms with Crippen molar-refractivity contribution in [3.63, 3.8) is 0 Å². The summed E-state index contributed by atoms with van der Waals surface area (Å²) in [6.07, 6.45) is 0.851. The third-order valence-corrected chi connectivity index (χ3v) is 7.40. The lowest BCUT2D eigenvalue weighted by Gasteiger charge is -2.30. The second-order valence-electron chi connectivity index (χ2n) is 9.79. The van der Waals surface area contributed by atoms with E-state index in [0.29, 0.717) is 37.4 Å². The van der Waals surface area contributed by atoms with Crippen LogP contribution in [0.1, 0.15) is 35.4 Å². The number of carbonyl (C=O) groups excluding carboxylic acids is 2. The molecular formula is C27H36N4O5. The smallest absolute Gasteiger partial charge is 0.258 e. The lowest BCUT2D eigenvalue weighted by atomic mass is 9.88. The van der Waals surface area contributed by atoms with Gasteiger partial charge in [0.05, 0.1) is 18.7 Å². The van der Waals surface area contributed by atoms with Crippen molar-refractivity contribution in [2.45, 2.75) is 32.0 Å². The summed E-state index contributed by atoms with van der Waals surface area (Å²) < 4.78 is 6.86. The number of nitrogens with one attached hydrogen (secondary N) is 1. The minimum atomic E-state index is -0.452. The number of hydrogen-bond acceptors (Lipinski definition) is 6. The number of carbonyl (C=O) groups is 2. The van der Waals surface area contributed by atoms with E-state index >= 15 is 0 Å². The summed E-state index contributed by atoms with van der Waals surface area (Å²) in [6, 6.07) is 10.3. The van der Waals surface area contributed by atoms with E-state index in [2.05, 4.69) is 17.1 Å². The van der Waals surface area contributed by atoms with E-state index < -0.39 is 6.04 Å². The van der Waals surface area contributed by atoms with Crippen LogP contribution < -0.4 is 10.9 Å². The van der Waals surface area contributed by atoms with E-state index in [-0.39, 0.29) is 41.9 Å². The third kappa shape index (κ3) is 4.58. The quantitative estimate of drug-likeness (QED) is 0.508. The molecule has 1 aromatic heterocycles. The number of aromatic nitrogens is 1. The summed E-state index contributed by atoms with van der Waals surface area (Å²) in [7, 11) is 5.00. The van der Waals surface area contributed by atoms with Crippen molar-refractivity contribution in [3.8, 4) is 11.1 Å². The van der Waals surface area contributed by atoms with Gasteiger partial charge in [-0.2, -0.15) is 0 Å². The maximum Gasteiger partial charge on any atom is 0.258 e. The van der Waals surface area contributed by atoms with Crippen LogP contribution in [0.4, 0.5) is 0 Å². The first-order valence-electron chi connectivity index (χ1n) is 12.5. The van der Waals surface area contributed by atoms with Gasteiger partial charge in [0, 0.05) is 69.6 Å². The van der Waals surface area contributed by atoms with E-state index in [1.54, 1.807) is 50.0 Å². The second kappa shape index (κ2) is 10.9. The molecule has 2 aliphatic heterocycles. The molecule has 0 unspecified atom stereocenters. The number of hydrogen-bond donors (Lipinski definition) is 2. The van der Waals surface area contributed by atoms with Crippen molar-refractivity contribution in [1.82, 2.24) is 19.7 Å². The number of aliphatic hydroxyl groups excluding tert-OH is 1. The third-order valence-electron chi connectivity index (χ3n) is 7.40. The van der Waals surface area contributed by atoms with Crippen molar-refractivity contribution >= 4 is 11.8 Å². The number of likely N-dealkylation sites (tertiary alicyclic amines) is 1. The van der Waals surface area contributed by atoms with Crippen LogP contribution in [0.25, 0.3) is 11.1 Å². The molecule has 0 spiro atoms. The topological polar surface area (TPSA) is 104 Å². The van der Waals surface area contributed by atoms with Gasteiger partial charge in [0.25, 0.3) is 11.5 Å². The Morgan fingerprint density at radius 3 is 2.50 bits per heavy atom. The Morgan fingerprint density at radius 1 is 1.17 bits per heavy atom. The Morgan fingerprint density at radius 2 is 1.89 bits per heavy atom. The number of amides is 2. The standard InChI is InChI=1S/C27H36N4O5/c1-5-13-30-23-20(21(16-32)24(30)25(33)28-12-14-36-4)15-31-22(23)11-10-19(27(31)35)17-6-8-18(9-7-17)26(34)29(2)3/h6-11,20-21,23-24,32H,5,12-16H2,1-4H3,(H,28,33)/t20-,21-,23+,24-/m1/s1. The van der Waals surface area contributed by atoms with Crippen molar-refractivity contribution in [3.05, 3.63) is 58.0 Å². The van der Waals surface area contributed by atoms with E-state index in [1.807, 2.05) is 12.1 Å². The second-order valence-corrected chi connectivity index (χ2v) is 9.79. The van der Waals surface area contributed by atoms with E-state index in [1.165, 1.54) is 4.90 Å². The van der Waals surface area contributed by atoms with Crippen LogP contribution in [0.5, 0.6) is 0 Å². The van der Waals surface area contributed by atoms with Gasteiger partial charge in [-0.05, 0) is 42.8 Å². The highest BCUT2D eigenvalue weighted by Gasteiger charge is 2.55. The predicted octanol–water partition coefficient (Wildman–Crippen LogP) is 1.35. The Bertz CT molecular complexity index is 1160. The number of rotatable bonds is 9. The van der Waals surface area contributed by atoms with E-state index in [0.717, 1.165) is 17.7 Å². The Labute approximate surface area is 211 Å². The predicted molar refractivity (Wildman–Crippen MR) is 137 cm³/mol. The van der Waals surface area contributed by atoms with Gasteiger partial charge in [0.15, 0.2) is 0 Å². The number of fused-ring (bicyclic) bond motifs is 3. The number of nitrogens with zero attached hydrogens (tertiary/aromatic N) is 3. The lowest BCUT2D eigenvalue weighted by molar-refractivity contribution is -0.127. The molecule has 2 aliphatic rings. The first-order valence-corrected chi connectivity index (χ1v) is 12.5. The van der Waals surface area contributed by atoms with Crippen molar-refractivity contribution in [1.29, 1.82) is 0 Å². The fraction of sp³-hybridized carbons (Fsp3) is 0.519. The highest BCUT2D eigenvalue weighted by molar-refractivity contribution is 5.94. The summed E-state index contributed by atoms with van der Waals surface area (Å²) in [5, 5.41) is 13.3. The minimum absolute atomic E-state index is 0.0391. The molecule has 1 fully saturated rings. The first kappa shape index (κ1) is 26.1. The number of benzene rings is 1. The van der Waals surface area contributed by atoms with Gasteiger partial charge in [-0.15, -0.1) is 0 Å². The van der Waals surface area contributed by atoms with E-state index in [9.17, 15) is 19.5 Å². The van der Waals surface area contributed by atoms with Crippen LogP contribution in [0, 0.1) is 11.8 Å². The molecule has 0 radical (unpaired) electrons. The van der Waals surface area contributed by atoms with Gasteiger partial charge >= 0.3 is 0 Å². The summed E-state index contributed by atoms with van der Waals surface area (Å²) in [5.74, 6) is -0.510. The SMILES string of the molecule is CCCN1[C@@H]2c3ccc(-c4ccc(C(=O)N(C)C)cc4)c(=O)n3C[C@@H]2[C@@H](CO)[C@@H]1C(=O)NCCOC. The van der Waals surface area contributed by atoms with Gasteiger partial charge in [0.2, 0.25) is 5.91 Å². The van der Waals surface area contributed by atoms with Crippen molar-refractivity contribution in [2.24, 2.45) is 11.8 Å². The summed E-state index contributed by atoms with van der Waals surface area (Å²) >= 11 is 0. The van der Waals surface area contributed by atoms with Crippen LogP contribution in [0.15, 0.2) is 41.2 Å². The van der Waals surface area contributed by atoms with Crippen LogP contribution in [-0.2, 0) is 16.1 Å². The molecule has 2 amide bonds. The van der Waals surface area contributed by atoms with Crippen LogP contribution in [0.2, 0.25) is 0 Å². The Balaban J connectivity index is 1.66. The summed E-state index contributed by atoms with van der Waals surface area (Å²) in [4.78, 5) is 42.6. The number of ether oxygens (including phenoxy) is 1. The molecular weight excluding hydrogens is 460 g/mol. The zero-order valence-corrected chi connectivity index (χ0v) is 21.4. The molecule has 2 N–H and O–H groups in total. The van der Waals surface area contributed by atoms with Gasteiger partial charge in [-0.3, -0.25) is 19.3 Å². The van der Waals surface area contributed by atoms with Crippen LogP contribution >= 0.6 is 0 Å². The average Bonchev–Trinajstić information content (AvgIpc) is 3.39. The maximum atomic E-state index is 13.6. The number of methoxy groups -OCH3 is 1. The largest absolute Gasteiger partial charge is 0.396 e. The number of pyridine rings is 1. The lowest BCUT2D eigenvalue weighted by Crippen LogP contribution is -2.49. The first-order chi connectivity index (χ1) is 17.3. The fourth-order valence-corrected chi connectivity index (χ4v) is 5.78. The van der Waals surface area contributed by atoms with Crippen molar-refractivity contribution < 1.29 is 19.4 Å². The Kier molecular flexibility index (Phi) is 7.92. The zero-order valence-electron chi connectivity index (χ0n) is 21.4. The Hall–Kier alpha value is -3.01. The fourth-order valence-electron chi connectivity index (χ4n) is 5.78. The molecule has 1 saturated heterocycles. The summed E-state index contributed by atoms with van der Waals surface area (Å²) in [5.41, 5.74) is 2.67. The van der Waals surface area contributed by atoms with Gasteiger partial charge in [-0.1, -0.05) is 19.1 Å². The molecule has 4 rings (SSSR count). The molecule has 36 heavy (non-hydrogen) atoms. The minimum Gasteiger partial charge on any atom is -0.396 e. The molecule has 9 heteroatoms. The molecule has 9 nitrogen and oxygen atoms in total. The highest BCUT2D eigenvalue weighted by atomic mass is 16.5. The van der Waals surface area contributed by atoms with E-state index in [4.69, 9.17) is 4.74 Å². The van der Waals surface area contributed by atoms with Crippen LogP contribution in [-0.4, -0.2) is 84.8 Å². The highest BCUT2D eigenvalue weighted by Crippen LogP contribution is 2.49. The maximum absolute atomic E-state index is 13.6. The monoisotopic (exact) mass is 496 g/mol. The van der Waals surface area contributed by atoms with Gasteiger partial charge in [0.1, 0.15) is 0 Å². The normalized spacial score (nSPS) is 22.8. The zero-order chi connectivity index (χ0) is 26.0. The van der Waals surface area contributed by atoms with Crippen molar-refractivity contribution in [2.75, 3.05) is 47.5 Å². The van der Waals surface area contributed by atoms with Gasteiger partial charge in [-0.25, -0.2) is 0 Å². The molecule has 0 aliphatic carbocycles. The number of aliphatic hydroxyl groups is 1. The molecule has 3 heterocycles. The molecule has 2 aromatic rings. The van der Waals surface area contributed by atoms with Crippen LogP contribution in [0.3, 0.4) is 0 Å². The van der Waals surface area contributed by atoms with Gasteiger partial charge < -0.3 is 24.6 Å². The molecule has 0 bridgehead atoms. The summed E-state index contributed by atoms with van der Waals surface area (Å²) in [6.45, 7) is 3.93. The molecule has 194 valence electrons. The molecule has 0 saturated carbocycles. The molecule has 1 aromatic carbocycles. The average molecular weight is 497 g/mol.